The smallest absolute Gasteiger partial charge is 0.235 e. The number of benzene rings is 2. The molecular weight excluding hydrogens is 379 g/mol. The van der Waals surface area contributed by atoms with Gasteiger partial charge in [-0.2, -0.15) is 4.31 Å². The molecule has 0 unspecified atom stereocenters. The number of rotatable bonds is 8. The Labute approximate surface area is 157 Å². The summed E-state index contributed by atoms with van der Waals surface area (Å²) in [6.45, 7) is -0.207. The molecule has 0 heterocycles. The van der Waals surface area contributed by atoms with Crippen LogP contribution in [0, 0.1) is 5.82 Å². The number of carbonyl (C=O) groups is 1. The van der Waals surface area contributed by atoms with Crippen molar-refractivity contribution in [3.63, 3.8) is 0 Å². The first-order valence-electron chi connectivity index (χ1n) is 7.95. The molecule has 0 radical (unpaired) electrons. The minimum absolute atomic E-state index is 0.198. The topological polar surface area (TPSA) is 66.5 Å². The van der Waals surface area contributed by atoms with Gasteiger partial charge in [0.2, 0.25) is 15.9 Å². The standard InChI is InChI=1S/C18H20ClFN2O3S/c1-26(24,25)22(12-15-4-2-3-5-17(15)20)13-18(23)21-11-10-14-6-8-16(19)9-7-14/h2-9H,10-13H2,1H3,(H,21,23). The van der Waals surface area contributed by atoms with E-state index >= 15 is 0 Å². The van der Waals surface area contributed by atoms with Crippen LogP contribution in [0.5, 0.6) is 0 Å². The van der Waals surface area contributed by atoms with E-state index in [2.05, 4.69) is 5.32 Å². The summed E-state index contributed by atoms with van der Waals surface area (Å²) in [5, 5.41) is 3.31. The number of nitrogens with zero attached hydrogens (tertiary/aromatic N) is 1. The van der Waals surface area contributed by atoms with Crippen molar-refractivity contribution in [1.29, 1.82) is 0 Å². The molecule has 2 aromatic rings. The average Bonchev–Trinajstić information content (AvgIpc) is 2.57. The van der Waals surface area contributed by atoms with Gasteiger partial charge in [0.25, 0.3) is 0 Å². The Morgan fingerprint density at radius 1 is 1.15 bits per heavy atom. The lowest BCUT2D eigenvalue weighted by Crippen LogP contribution is -2.40. The maximum absolute atomic E-state index is 13.8. The second kappa shape index (κ2) is 9.12. The monoisotopic (exact) mass is 398 g/mol. The number of nitrogens with one attached hydrogen (secondary N) is 1. The van der Waals surface area contributed by atoms with Crippen molar-refractivity contribution in [1.82, 2.24) is 9.62 Å². The highest BCUT2D eigenvalue weighted by Gasteiger charge is 2.21. The van der Waals surface area contributed by atoms with Gasteiger partial charge < -0.3 is 5.32 Å². The summed E-state index contributed by atoms with van der Waals surface area (Å²) in [7, 11) is -3.67. The van der Waals surface area contributed by atoms with Crippen LogP contribution in [0.25, 0.3) is 0 Å². The van der Waals surface area contributed by atoms with Gasteiger partial charge in [-0.3, -0.25) is 4.79 Å². The highest BCUT2D eigenvalue weighted by Crippen LogP contribution is 2.12. The maximum Gasteiger partial charge on any atom is 0.235 e. The normalized spacial score (nSPS) is 11.5. The van der Waals surface area contributed by atoms with Gasteiger partial charge in [0, 0.05) is 23.7 Å². The van der Waals surface area contributed by atoms with Crippen LogP contribution in [0.15, 0.2) is 48.5 Å². The van der Waals surface area contributed by atoms with Crippen LogP contribution < -0.4 is 5.32 Å². The van der Waals surface area contributed by atoms with Crippen LogP contribution in [0.1, 0.15) is 11.1 Å². The van der Waals surface area contributed by atoms with Crippen LogP contribution in [-0.4, -0.2) is 38.0 Å². The number of hydrogen-bond acceptors (Lipinski definition) is 3. The molecule has 0 aliphatic carbocycles. The van der Waals surface area contributed by atoms with E-state index in [0.717, 1.165) is 16.1 Å². The predicted molar refractivity (Wildman–Crippen MR) is 99.8 cm³/mol. The third-order valence-corrected chi connectivity index (χ3v) is 5.19. The Bertz CT molecular complexity index is 857. The van der Waals surface area contributed by atoms with Gasteiger partial charge in [0.05, 0.1) is 12.8 Å². The average molecular weight is 399 g/mol. The van der Waals surface area contributed by atoms with Crippen molar-refractivity contribution in [3.8, 4) is 0 Å². The van der Waals surface area contributed by atoms with Crippen molar-refractivity contribution < 1.29 is 17.6 Å². The molecule has 0 aliphatic rings. The Morgan fingerprint density at radius 3 is 2.42 bits per heavy atom. The molecule has 1 amide bonds. The fraction of sp³-hybridized carbons (Fsp3) is 0.278. The van der Waals surface area contributed by atoms with Gasteiger partial charge in [0.1, 0.15) is 5.82 Å². The molecule has 0 aromatic heterocycles. The second-order valence-electron chi connectivity index (χ2n) is 5.85. The van der Waals surface area contributed by atoms with Gasteiger partial charge in [-0.1, -0.05) is 41.9 Å². The summed E-state index contributed by atoms with van der Waals surface area (Å²) in [5.74, 6) is -0.954. The van der Waals surface area contributed by atoms with E-state index in [1.54, 1.807) is 18.2 Å². The minimum atomic E-state index is -3.67. The second-order valence-corrected chi connectivity index (χ2v) is 8.27. The highest BCUT2D eigenvalue weighted by atomic mass is 35.5. The van der Waals surface area contributed by atoms with Gasteiger partial charge in [-0.05, 0) is 30.2 Å². The van der Waals surface area contributed by atoms with E-state index in [1.807, 2.05) is 12.1 Å². The molecule has 0 fully saturated rings. The molecule has 26 heavy (non-hydrogen) atoms. The van der Waals surface area contributed by atoms with E-state index in [4.69, 9.17) is 11.6 Å². The number of amides is 1. The zero-order valence-electron chi connectivity index (χ0n) is 14.3. The molecule has 0 aliphatic heterocycles. The molecular formula is C18H20ClFN2O3S. The van der Waals surface area contributed by atoms with Gasteiger partial charge in [0.15, 0.2) is 0 Å². The van der Waals surface area contributed by atoms with Gasteiger partial charge in [-0.15, -0.1) is 0 Å². The van der Waals surface area contributed by atoms with Crippen molar-refractivity contribution in [2.75, 3.05) is 19.3 Å². The van der Waals surface area contributed by atoms with E-state index in [1.165, 1.54) is 18.2 Å². The number of sulfonamides is 1. The summed E-state index contributed by atoms with van der Waals surface area (Å²) >= 11 is 5.81. The maximum atomic E-state index is 13.8. The minimum Gasteiger partial charge on any atom is -0.355 e. The molecule has 2 aromatic carbocycles. The zero-order valence-corrected chi connectivity index (χ0v) is 15.9. The molecule has 1 N–H and O–H groups in total. The summed E-state index contributed by atoms with van der Waals surface area (Å²) in [6, 6.07) is 13.1. The van der Waals surface area contributed by atoms with Crippen LogP contribution in [0.3, 0.4) is 0 Å². The lowest BCUT2D eigenvalue weighted by molar-refractivity contribution is -0.121. The molecule has 8 heteroatoms. The molecule has 0 saturated heterocycles. The van der Waals surface area contributed by atoms with Crippen LogP contribution >= 0.6 is 11.6 Å². The number of carbonyl (C=O) groups excluding carboxylic acids is 1. The molecule has 0 bridgehead atoms. The van der Waals surface area contributed by atoms with Gasteiger partial charge in [-0.25, -0.2) is 12.8 Å². The third-order valence-electron chi connectivity index (χ3n) is 3.74. The Kier molecular flexibility index (Phi) is 7.14. The molecule has 0 saturated carbocycles. The first-order chi connectivity index (χ1) is 12.3. The largest absolute Gasteiger partial charge is 0.355 e. The van der Waals surface area contributed by atoms with E-state index in [0.29, 0.717) is 18.0 Å². The van der Waals surface area contributed by atoms with Crippen molar-refractivity contribution in [3.05, 3.63) is 70.5 Å². The fourth-order valence-corrected chi connectivity index (χ4v) is 3.17. The van der Waals surface area contributed by atoms with Gasteiger partial charge >= 0.3 is 0 Å². The Balaban J connectivity index is 1.92. The summed E-state index contributed by atoms with van der Waals surface area (Å²) in [4.78, 5) is 12.1. The molecule has 2 rings (SSSR count). The Morgan fingerprint density at radius 2 is 1.81 bits per heavy atom. The van der Waals surface area contributed by atoms with E-state index in [-0.39, 0.29) is 18.7 Å². The lowest BCUT2D eigenvalue weighted by atomic mass is 10.1. The molecule has 5 nitrogen and oxygen atoms in total. The molecule has 0 atom stereocenters. The highest BCUT2D eigenvalue weighted by molar-refractivity contribution is 7.88. The fourth-order valence-electron chi connectivity index (χ4n) is 2.32. The quantitative estimate of drug-likeness (QED) is 0.743. The van der Waals surface area contributed by atoms with Crippen molar-refractivity contribution in [2.24, 2.45) is 0 Å². The van der Waals surface area contributed by atoms with E-state index in [9.17, 15) is 17.6 Å². The van der Waals surface area contributed by atoms with Crippen molar-refractivity contribution in [2.45, 2.75) is 13.0 Å². The van der Waals surface area contributed by atoms with Crippen LogP contribution in [0.2, 0.25) is 5.02 Å². The van der Waals surface area contributed by atoms with E-state index < -0.39 is 21.7 Å². The molecule has 0 spiro atoms. The van der Waals surface area contributed by atoms with Crippen molar-refractivity contribution >= 4 is 27.5 Å². The summed E-state index contributed by atoms with van der Waals surface area (Å²) in [5.41, 5.74) is 1.22. The predicted octanol–water partition coefficient (Wildman–Crippen LogP) is 2.60. The lowest BCUT2D eigenvalue weighted by Gasteiger charge is -2.20. The number of halogens is 2. The van der Waals surface area contributed by atoms with Crippen LogP contribution in [-0.2, 0) is 27.8 Å². The first kappa shape index (κ1) is 20.4. The first-order valence-corrected chi connectivity index (χ1v) is 10.2. The Hall–Kier alpha value is -1.96. The summed E-state index contributed by atoms with van der Waals surface area (Å²) in [6.07, 6.45) is 1.59. The van der Waals surface area contributed by atoms with Crippen LogP contribution in [0.4, 0.5) is 4.39 Å². The SMILES string of the molecule is CS(=O)(=O)N(CC(=O)NCCc1ccc(Cl)cc1)Cc1ccccc1F. The number of hydrogen-bond donors (Lipinski definition) is 1. The zero-order chi connectivity index (χ0) is 19.2. The molecule has 140 valence electrons. The summed E-state index contributed by atoms with van der Waals surface area (Å²) < 4.78 is 38.6. The third kappa shape index (κ3) is 6.40.